The average Bonchev–Trinajstić information content (AvgIpc) is 2.91. The molecule has 2 heterocycles. The molecule has 2 aliphatic rings. The lowest BCUT2D eigenvalue weighted by Crippen LogP contribution is -2.38. The topological polar surface area (TPSA) is 34.5 Å². The van der Waals surface area contributed by atoms with Gasteiger partial charge in [0, 0.05) is 54.8 Å². The van der Waals surface area contributed by atoms with Crippen molar-refractivity contribution in [2.45, 2.75) is 34.2 Å². The van der Waals surface area contributed by atoms with Crippen LogP contribution in [0.3, 0.4) is 0 Å². The fourth-order valence-corrected chi connectivity index (χ4v) is 4.71. The number of ketones is 1. The van der Waals surface area contributed by atoms with Crippen LogP contribution in [0.5, 0.6) is 0 Å². The number of benzene rings is 1. The van der Waals surface area contributed by atoms with E-state index in [0.717, 1.165) is 50.3 Å². The lowest BCUT2D eigenvalue weighted by molar-refractivity contribution is 0.0365. The monoisotopic (exact) mass is 354 g/mol. The van der Waals surface area contributed by atoms with Gasteiger partial charge in [-0.3, -0.25) is 9.69 Å². The average molecular weight is 354 g/mol. The maximum absolute atomic E-state index is 13.3. The maximum Gasteiger partial charge on any atom is 0.169 e. The predicted octanol–water partition coefficient (Wildman–Crippen LogP) is 3.84. The number of rotatable bonds is 5. The second kappa shape index (κ2) is 6.21. The van der Waals surface area contributed by atoms with Crippen LogP contribution in [0.25, 0.3) is 10.9 Å². The molecule has 0 N–H and O–H groups in total. The minimum atomic E-state index is 0.0705. The van der Waals surface area contributed by atoms with Crippen molar-refractivity contribution >= 4 is 16.7 Å². The van der Waals surface area contributed by atoms with Crippen LogP contribution >= 0.6 is 0 Å². The van der Waals surface area contributed by atoms with Gasteiger partial charge in [0.1, 0.15) is 0 Å². The Balaban J connectivity index is 1.61. The molecule has 1 aromatic carbocycles. The molecule has 4 rings (SSSR count). The van der Waals surface area contributed by atoms with E-state index >= 15 is 0 Å². The van der Waals surface area contributed by atoms with Crippen LogP contribution in [0, 0.1) is 16.7 Å². The summed E-state index contributed by atoms with van der Waals surface area (Å²) >= 11 is 0. The highest BCUT2D eigenvalue weighted by molar-refractivity contribution is 6.11. The molecule has 2 fully saturated rings. The summed E-state index contributed by atoms with van der Waals surface area (Å²) in [6.07, 6.45) is 2.10. The summed E-state index contributed by atoms with van der Waals surface area (Å²) in [6.45, 7) is 14.4. The van der Waals surface area contributed by atoms with Crippen molar-refractivity contribution in [2.75, 3.05) is 32.8 Å². The van der Waals surface area contributed by atoms with Gasteiger partial charge in [0.15, 0.2) is 5.78 Å². The molecule has 1 saturated carbocycles. The minimum absolute atomic E-state index is 0.0705. The molecule has 0 spiro atoms. The van der Waals surface area contributed by atoms with Gasteiger partial charge < -0.3 is 9.30 Å². The largest absolute Gasteiger partial charge is 0.379 e. The van der Waals surface area contributed by atoms with Crippen LogP contribution in [0.1, 0.15) is 38.1 Å². The van der Waals surface area contributed by atoms with Gasteiger partial charge in [-0.25, -0.2) is 0 Å². The van der Waals surface area contributed by atoms with Crippen LogP contribution in [0.4, 0.5) is 0 Å². The summed E-state index contributed by atoms with van der Waals surface area (Å²) in [4.78, 5) is 15.8. The van der Waals surface area contributed by atoms with Crippen LogP contribution in [0.15, 0.2) is 30.5 Å². The van der Waals surface area contributed by atoms with E-state index in [1.165, 1.54) is 5.52 Å². The molecule has 1 saturated heterocycles. The molecular formula is C22H30N2O2. The first-order valence-corrected chi connectivity index (χ1v) is 9.76. The predicted molar refractivity (Wildman–Crippen MR) is 105 cm³/mol. The van der Waals surface area contributed by atoms with E-state index in [2.05, 4.69) is 61.6 Å². The lowest BCUT2D eigenvalue weighted by Gasteiger charge is -2.26. The fraction of sp³-hybridized carbons (Fsp3) is 0.591. The Kier molecular flexibility index (Phi) is 4.24. The van der Waals surface area contributed by atoms with Crippen molar-refractivity contribution in [3.63, 3.8) is 0 Å². The molecule has 0 unspecified atom stereocenters. The van der Waals surface area contributed by atoms with Gasteiger partial charge in [-0.2, -0.15) is 0 Å². The highest BCUT2D eigenvalue weighted by Crippen LogP contribution is 2.69. The van der Waals surface area contributed by atoms with E-state index in [1.54, 1.807) is 0 Å². The van der Waals surface area contributed by atoms with Crippen LogP contribution < -0.4 is 0 Å². The van der Waals surface area contributed by atoms with Crippen molar-refractivity contribution in [1.82, 2.24) is 9.47 Å². The standard InChI is InChI=1S/C22H30N2O2/c1-21(2)20(22(21,3)4)19(25)17-15-24(18-8-6-5-7-16(17)18)10-9-23-11-13-26-14-12-23/h5-8,15,20H,9-14H2,1-4H3. The second-order valence-corrected chi connectivity index (χ2v) is 8.95. The number of para-hydroxylation sites is 1. The van der Waals surface area contributed by atoms with Gasteiger partial charge in [-0.05, 0) is 16.9 Å². The first-order valence-electron chi connectivity index (χ1n) is 9.76. The number of hydrogen-bond donors (Lipinski definition) is 0. The number of morpholine rings is 1. The van der Waals surface area contributed by atoms with Crippen LogP contribution in [0.2, 0.25) is 0 Å². The summed E-state index contributed by atoms with van der Waals surface area (Å²) < 4.78 is 7.70. The molecule has 140 valence electrons. The van der Waals surface area contributed by atoms with E-state index in [9.17, 15) is 4.79 Å². The molecule has 1 aliphatic carbocycles. The van der Waals surface area contributed by atoms with E-state index < -0.39 is 0 Å². The maximum atomic E-state index is 13.3. The third-order valence-corrected chi connectivity index (χ3v) is 7.10. The Bertz CT molecular complexity index is 814. The zero-order valence-electron chi connectivity index (χ0n) is 16.4. The Morgan fingerprint density at radius 2 is 1.73 bits per heavy atom. The molecule has 0 amide bonds. The molecule has 1 aromatic heterocycles. The zero-order valence-corrected chi connectivity index (χ0v) is 16.4. The van der Waals surface area contributed by atoms with Crippen molar-refractivity contribution in [2.24, 2.45) is 16.7 Å². The van der Waals surface area contributed by atoms with E-state index in [1.807, 2.05) is 6.07 Å². The SMILES string of the molecule is CC1(C)C(C(=O)c2cn(CCN3CCOCC3)c3ccccc23)C1(C)C. The van der Waals surface area contributed by atoms with E-state index in [-0.39, 0.29) is 16.7 Å². The summed E-state index contributed by atoms with van der Waals surface area (Å²) in [5.41, 5.74) is 2.20. The summed E-state index contributed by atoms with van der Waals surface area (Å²) in [5.74, 6) is 0.412. The molecular weight excluding hydrogens is 324 g/mol. The lowest BCUT2D eigenvalue weighted by atomic mass is 10.0. The number of nitrogens with zero attached hydrogens (tertiary/aromatic N) is 2. The molecule has 1 aliphatic heterocycles. The van der Waals surface area contributed by atoms with Gasteiger partial charge in [-0.1, -0.05) is 45.9 Å². The first-order chi connectivity index (χ1) is 12.3. The number of ether oxygens (including phenoxy) is 1. The first kappa shape index (κ1) is 17.7. The van der Waals surface area contributed by atoms with Gasteiger partial charge in [0.05, 0.1) is 13.2 Å². The summed E-state index contributed by atoms with van der Waals surface area (Å²) in [6, 6.07) is 8.33. The van der Waals surface area contributed by atoms with Crippen molar-refractivity contribution in [3.05, 3.63) is 36.0 Å². The quantitative estimate of drug-likeness (QED) is 0.765. The number of Topliss-reactive ketones (excluding diaryl/α,β-unsaturated/α-hetero) is 1. The highest BCUT2D eigenvalue weighted by Gasteiger charge is 2.68. The summed E-state index contributed by atoms with van der Waals surface area (Å²) in [7, 11) is 0. The molecule has 0 radical (unpaired) electrons. The van der Waals surface area contributed by atoms with Crippen LogP contribution in [-0.2, 0) is 11.3 Å². The number of carbonyl (C=O) groups excluding carboxylic acids is 1. The van der Waals surface area contributed by atoms with Crippen LogP contribution in [-0.4, -0.2) is 48.1 Å². The molecule has 0 atom stereocenters. The van der Waals surface area contributed by atoms with E-state index in [0.29, 0.717) is 5.78 Å². The van der Waals surface area contributed by atoms with Crippen molar-refractivity contribution in [1.29, 1.82) is 0 Å². The molecule has 26 heavy (non-hydrogen) atoms. The molecule has 4 nitrogen and oxygen atoms in total. The van der Waals surface area contributed by atoms with Gasteiger partial charge >= 0.3 is 0 Å². The molecule has 0 bridgehead atoms. The third kappa shape index (κ3) is 2.71. The highest BCUT2D eigenvalue weighted by atomic mass is 16.5. The number of fused-ring (bicyclic) bond motifs is 1. The number of hydrogen-bond acceptors (Lipinski definition) is 3. The zero-order chi connectivity index (χ0) is 18.5. The second-order valence-electron chi connectivity index (χ2n) is 8.95. The third-order valence-electron chi connectivity index (χ3n) is 7.10. The van der Waals surface area contributed by atoms with E-state index in [4.69, 9.17) is 4.74 Å². The number of carbonyl (C=O) groups is 1. The van der Waals surface area contributed by atoms with Gasteiger partial charge in [-0.15, -0.1) is 0 Å². The molecule has 2 aromatic rings. The Hall–Kier alpha value is -1.65. The number of aromatic nitrogens is 1. The normalized spacial score (nSPS) is 22.6. The summed E-state index contributed by atoms with van der Waals surface area (Å²) in [5, 5.41) is 1.10. The minimum Gasteiger partial charge on any atom is -0.379 e. The Morgan fingerprint density at radius 3 is 2.38 bits per heavy atom. The smallest absolute Gasteiger partial charge is 0.169 e. The fourth-order valence-electron chi connectivity index (χ4n) is 4.71. The van der Waals surface area contributed by atoms with Gasteiger partial charge in [0.25, 0.3) is 0 Å². The Labute approximate surface area is 156 Å². The van der Waals surface area contributed by atoms with Crippen molar-refractivity contribution < 1.29 is 9.53 Å². The van der Waals surface area contributed by atoms with Gasteiger partial charge in [0.2, 0.25) is 0 Å². The van der Waals surface area contributed by atoms with Crippen molar-refractivity contribution in [3.8, 4) is 0 Å². The Morgan fingerprint density at radius 1 is 1.08 bits per heavy atom. The molecule has 4 heteroatoms.